The molecule has 0 saturated carbocycles. The van der Waals surface area contributed by atoms with E-state index in [0.717, 1.165) is 29.3 Å². The molecular weight excluding hydrogens is 429 g/mol. The molecule has 32 heavy (non-hydrogen) atoms. The first-order valence-electron chi connectivity index (χ1n) is 9.51. The van der Waals surface area contributed by atoms with Gasteiger partial charge in [-0.25, -0.2) is 13.8 Å². The van der Waals surface area contributed by atoms with Crippen molar-refractivity contribution >= 4 is 22.9 Å². The first-order valence-corrected chi connectivity index (χ1v) is 9.51. The molecule has 1 atom stereocenters. The topological polar surface area (TPSA) is 44.7 Å². The van der Waals surface area contributed by atoms with E-state index in [1.165, 1.54) is 18.2 Å². The van der Waals surface area contributed by atoms with Gasteiger partial charge in [-0.2, -0.15) is 18.3 Å². The van der Waals surface area contributed by atoms with Gasteiger partial charge in [-0.05, 0) is 54.5 Å². The summed E-state index contributed by atoms with van der Waals surface area (Å²) in [6.45, 7) is 1.66. The Morgan fingerprint density at radius 2 is 1.75 bits per heavy atom. The number of benzene rings is 2. The number of hydrazone groups is 1. The van der Waals surface area contributed by atoms with E-state index >= 15 is 0 Å². The number of halogens is 5. The minimum Gasteiger partial charge on any atom is -0.360 e. The Labute approximate surface area is 180 Å². The Bertz CT molecular complexity index is 1190. The molecule has 0 saturated heterocycles. The molecule has 2 aliphatic heterocycles. The summed E-state index contributed by atoms with van der Waals surface area (Å²) in [5.74, 6) is -2.14. The number of rotatable bonds is 2. The summed E-state index contributed by atoms with van der Waals surface area (Å²) in [6.07, 6.45) is 0.735. The highest BCUT2D eigenvalue weighted by atomic mass is 19.4. The van der Waals surface area contributed by atoms with Crippen LogP contribution in [0.15, 0.2) is 71.9 Å². The Hall–Kier alpha value is -3.75. The zero-order chi connectivity index (χ0) is 23.0. The summed E-state index contributed by atoms with van der Waals surface area (Å²) < 4.78 is 66.3. The van der Waals surface area contributed by atoms with E-state index in [1.54, 1.807) is 25.2 Å². The maximum absolute atomic E-state index is 14.3. The van der Waals surface area contributed by atoms with E-state index in [1.807, 2.05) is 0 Å². The van der Waals surface area contributed by atoms with Crippen LogP contribution in [0.3, 0.4) is 0 Å². The van der Waals surface area contributed by atoms with Crippen LogP contribution in [-0.2, 0) is 11.0 Å². The second-order valence-corrected chi connectivity index (χ2v) is 7.23. The number of fused-ring (bicyclic) bond motifs is 1. The van der Waals surface area contributed by atoms with E-state index in [-0.39, 0.29) is 11.3 Å². The lowest BCUT2D eigenvalue weighted by molar-refractivity contribution is -0.137. The largest absolute Gasteiger partial charge is 0.416 e. The predicted octanol–water partition coefficient (Wildman–Crippen LogP) is 5.11. The van der Waals surface area contributed by atoms with Gasteiger partial charge in [-0.3, -0.25) is 4.79 Å². The van der Waals surface area contributed by atoms with Crippen LogP contribution in [0.5, 0.6) is 0 Å². The van der Waals surface area contributed by atoms with Crippen molar-refractivity contribution < 1.29 is 26.7 Å². The van der Waals surface area contributed by atoms with Crippen LogP contribution in [0.1, 0.15) is 23.6 Å². The second-order valence-electron chi connectivity index (χ2n) is 7.23. The number of nitrogens with one attached hydrogen (secondary N) is 1. The van der Waals surface area contributed by atoms with Crippen LogP contribution in [0.2, 0.25) is 0 Å². The van der Waals surface area contributed by atoms with Crippen molar-refractivity contribution in [1.82, 2.24) is 10.3 Å². The second kappa shape index (κ2) is 8.07. The van der Waals surface area contributed by atoms with Gasteiger partial charge < -0.3 is 5.32 Å². The molecule has 1 N–H and O–H groups in total. The van der Waals surface area contributed by atoms with Crippen LogP contribution in [-0.4, -0.2) is 22.8 Å². The lowest BCUT2D eigenvalue weighted by Gasteiger charge is -2.33. The van der Waals surface area contributed by atoms with Crippen LogP contribution in [0.4, 0.5) is 22.0 Å². The fourth-order valence-corrected chi connectivity index (χ4v) is 3.36. The lowest BCUT2D eigenvalue weighted by Crippen LogP contribution is -2.48. The summed E-state index contributed by atoms with van der Waals surface area (Å²) in [7, 11) is 0. The standard InChI is InChI=1S/C23H16F5N3O/c1-13-2-3-15(14-4-6-16(7-5-14)23(26,27)28)10-21-29-20(12-22(32)31(21)30-13)18-9-8-17(24)11-19(18)25/h2-12,21,29H,1H3/b3-2-,15-10-,30-13-. The predicted molar refractivity (Wildman–Crippen MR) is 110 cm³/mol. The third-order valence-electron chi connectivity index (χ3n) is 4.93. The highest BCUT2D eigenvalue weighted by Crippen LogP contribution is 2.31. The molecule has 4 rings (SSSR count). The number of carbonyl (C=O) groups excluding carboxylic acids is 1. The van der Waals surface area contributed by atoms with Gasteiger partial charge in [-0.1, -0.05) is 18.2 Å². The molecule has 9 heteroatoms. The summed E-state index contributed by atoms with van der Waals surface area (Å²) in [4.78, 5) is 12.7. The van der Waals surface area contributed by atoms with E-state index in [9.17, 15) is 26.7 Å². The average molecular weight is 445 g/mol. The van der Waals surface area contributed by atoms with Crippen LogP contribution in [0, 0.1) is 11.6 Å². The molecule has 0 spiro atoms. The van der Waals surface area contributed by atoms with Crippen molar-refractivity contribution in [2.45, 2.75) is 19.3 Å². The first kappa shape index (κ1) is 21.5. The molecule has 0 bridgehead atoms. The molecule has 0 radical (unpaired) electrons. The molecule has 4 nitrogen and oxygen atoms in total. The number of hydrogen-bond donors (Lipinski definition) is 1. The molecule has 164 valence electrons. The highest BCUT2D eigenvalue weighted by molar-refractivity contribution is 6.01. The van der Waals surface area contributed by atoms with Gasteiger partial charge in [0.2, 0.25) is 0 Å². The lowest BCUT2D eigenvalue weighted by atomic mass is 10.0. The minimum atomic E-state index is -4.46. The Kier molecular flexibility index (Phi) is 5.41. The molecule has 1 unspecified atom stereocenters. The first-order chi connectivity index (χ1) is 15.1. The average Bonchev–Trinajstić information content (AvgIpc) is 2.71. The fraction of sp³-hybridized carbons (Fsp3) is 0.130. The number of nitrogens with zero attached hydrogens (tertiary/aromatic N) is 2. The van der Waals surface area contributed by atoms with Gasteiger partial charge in [0, 0.05) is 17.7 Å². The number of carbonyl (C=O) groups is 1. The minimum absolute atomic E-state index is 0.00202. The van der Waals surface area contributed by atoms with Crippen molar-refractivity contribution in [2.75, 3.05) is 0 Å². The molecule has 2 heterocycles. The number of amides is 1. The van der Waals surface area contributed by atoms with Crippen LogP contribution in [0.25, 0.3) is 11.3 Å². The van der Waals surface area contributed by atoms with E-state index in [2.05, 4.69) is 10.4 Å². The summed E-state index contributed by atoms with van der Waals surface area (Å²) in [6, 6.07) is 7.60. The Balaban J connectivity index is 1.74. The Morgan fingerprint density at radius 3 is 2.41 bits per heavy atom. The fourth-order valence-electron chi connectivity index (χ4n) is 3.36. The van der Waals surface area contributed by atoms with Gasteiger partial charge in [0.25, 0.3) is 5.91 Å². The summed E-state index contributed by atoms with van der Waals surface area (Å²) >= 11 is 0. The maximum atomic E-state index is 14.3. The quantitative estimate of drug-likeness (QED) is 0.653. The third-order valence-corrected chi connectivity index (χ3v) is 4.93. The van der Waals surface area contributed by atoms with Gasteiger partial charge in [0.1, 0.15) is 17.8 Å². The molecule has 0 aliphatic carbocycles. The third kappa shape index (κ3) is 4.32. The number of hydrogen-bond acceptors (Lipinski definition) is 3. The molecule has 2 aromatic carbocycles. The molecule has 2 aliphatic rings. The highest BCUT2D eigenvalue weighted by Gasteiger charge is 2.31. The molecule has 0 aromatic heterocycles. The smallest absolute Gasteiger partial charge is 0.360 e. The summed E-state index contributed by atoms with van der Waals surface area (Å²) in [5.41, 5.74) is 0.856. The maximum Gasteiger partial charge on any atom is 0.416 e. The normalized spacial score (nSPS) is 22.9. The number of alkyl halides is 3. The Morgan fingerprint density at radius 1 is 1.03 bits per heavy atom. The van der Waals surface area contributed by atoms with Crippen molar-refractivity contribution in [3.8, 4) is 0 Å². The van der Waals surface area contributed by atoms with Crippen LogP contribution < -0.4 is 5.32 Å². The molecule has 2 aromatic rings. The van der Waals surface area contributed by atoms with E-state index < -0.39 is 35.4 Å². The number of allylic oxidation sites excluding steroid dienone is 3. The molecule has 1 amide bonds. The van der Waals surface area contributed by atoms with Gasteiger partial charge in [0.05, 0.1) is 17.0 Å². The van der Waals surface area contributed by atoms with E-state index in [4.69, 9.17) is 0 Å². The van der Waals surface area contributed by atoms with Crippen molar-refractivity contribution in [1.29, 1.82) is 0 Å². The SMILES string of the molecule is CC1=N/N2C(=O)C=C(c3ccc(F)cc3F)NC2/C=C(c2ccc(C(F)(F)F)cc2)/C=C\1. The van der Waals surface area contributed by atoms with E-state index in [0.29, 0.717) is 22.9 Å². The van der Waals surface area contributed by atoms with Crippen LogP contribution >= 0.6 is 0 Å². The van der Waals surface area contributed by atoms with Crippen molar-refractivity contribution in [3.63, 3.8) is 0 Å². The monoisotopic (exact) mass is 445 g/mol. The zero-order valence-corrected chi connectivity index (χ0v) is 16.6. The van der Waals surface area contributed by atoms with Crippen molar-refractivity contribution in [2.24, 2.45) is 5.10 Å². The van der Waals surface area contributed by atoms with Gasteiger partial charge in [0.15, 0.2) is 0 Å². The van der Waals surface area contributed by atoms with Gasteiger partial charge in [-0.15, -0.1) is 0 Å². The van der Waals surface area contributed by atoms with Crippen molar-refractivity contribution in [3.05, 3.63) is 95.1 Å². The summed E-state index contributed by atoms with van der Waals surface area (Å²) in [5, 5.41) is 8.38. The molecule has 0 fully saturated rings. The molecular formula is C23H16F5N3O. The van der Waals surface area contributed by atoms with Gasteiger partial charge >= 0.3 is 6.18 Å². The zero-order valence-electron chi connectivity index (χ0n) is 16.6.